The largest absolute Gasteiger partial charge is 0.292 e. The fourth-order valence-corrected chi connectivity index (χ4v) is 5.59. The minimum Gasteiger partial charge on any atom is -0.292 e. The molecule has 0 bridgehead atoms. The lowest BCUT2D eigenvalue weighted by Crippen LogP contribution is -2.08. The van der Waals surface area contributed by atoms with Gasteiger partial charge in [0, 0.05) is 21.0 Å². The molecule has 0 aliphatic carbocycles. The summed E-state index contributed by atoms with van der Waals surface area (Å²) in [7, 11) is 0. The van der Waals surface area contributed by atoms with Crippen LogP contribution >= 0.6 is 11.3 Å². The molecule has 2 aromatic heterocycles. The molecule has 2 heterocycles. The van der Waals surface area contributed by atoms with Crippen LogP contribution in [0.1, 0.15) is 63.1 Å². The van der Waals surface area contributed by atoms with Crippen LogP contribution in [0.15, 0.2) is 72.6 Å². The van der Waals surface area contributed by atoms with Gasteiger partial charge >= 0.3 is 0 Å². The Balaban J connectivity index is 1.91. The number of hydrogen-bond acceptors (Lipinski definition) is 2. The highest BCUT2D eigenvalue weighted by Crippen LogP contribution is 2.41. The Hall–Kier alpha value is -3.17. The van der Waals surface area contributed by atoms with E-state index in [-0.39, 0.29) is 0 Å². The van der Waals surface area contributed by atoms with Crippen molar-refractivity contribution in [2.24, 2.45) is 0 Å². The van der Waals surface area contributed by atoms with E-state index in [1.54, 1.807) is 11.3 Å². The zero-order valence-electron chi connectivity index (χ0n) is 20.0. The van der Waals surface area contributed by atoms with E-state index in [9.17, 15) is 0 Å². The second kappa shape index (κ2) is 8.31. The number of para-hydroxylation sites is 3. The van der Waals surface area contributed by atoms with Crippen molar-refractivity contribution in [1.82, 2.24) is 9.55 Å². The van der Waals surface area contributed by atoms with Gasteiger partial charge in [0.2, 0.25) is 0 Å². The maximum Gasteiger partial charge on any atom is 0.147 e. The first-order valence-electron chi connectivity index (χ1n) is 11.6. The summed E-state index contributed by atoms with van der Waals surface area (Å²) >= 11 is 1.78. The molecule has 0 aliphatic heterocycles. The molecule has 0 spiro atoms. The third kappa shape index (κ3) is 3.61. The normalized spacial score (nSPS) is 11.8. The molecule has 166 valence electrons. The topological polar surface area (TPSA) is 17.8 Å². The molecule has 5 rings (SSSR count). The molecule has 2 nitrogen and oxygen atoms in total. The van der Waals surface area contributed by atoms with Crippen LogP contribution in [-0.2, 0) is 0 Å². The Kier molecular flexibility index (Phi) is 5.46. The zero-order valence-corrected chi connectivity index (χ0v) is 20.8. The van der Waals surface area contributed by atoms with Crippen LogP contribution in [0.2, 0.25) is 0 Å². The molecular weight excluding hydrogens is 420 g/mol. The monoisotopic (exact) mass is 450 g/mol. The Morgan fingerprint density at radius 2 is 1.61 bits per heavy atom. The van der Waals surface area contributed by atoms with Crippen molar-refractivity contribution in [3.8, 4) is 17.1 Å². The summed E-state index contributed by atoms with van der Waals surface area (Å²) in [6, 6.07) is 21.9. The number of rotatable bonds is 5. The molecule has 0 saturated carbocycles. The standard InChI is InChI=1S/C30H30N2S/c1-18(2)21-14-15-28-24(16-21)25(17-33-28)30-31-26-12-7-8-13-27(26)32(30)29-22(19(3)4)10-9-11-23(29)20(5)6/h7-17,19-20H,1H2,2-6H3. The molecule has 0 N–H and O–H groups in total. The van der Waals surface area contributed by atoms with E-state index in [0.717, 1.165) is 22.4 Å². The van der Waals surface area contributed by atoms with Crippen molar-refractivity contribution in [2.75, 3.05) is 0 Å². The number of fused-ring (bicyclic) bond motifs is 2. The van der Waals surface area contributed by atoms with E-state index in [1.165, 1.54) is 38.0 Å². The number of thiophene rings is 1. The Labute approximate surface area is 200 Å². The zero-order chi connectivity index (χ0) is 23.3. The Bertz CT molecular complexity index is 1470. The molecule has 0 amide bonds. The molecule has 0 saturated heterocycles. The molecule has 0 atom stereocenters. The third-order valence-corrected chi connectivity index (χ3v) is 7.40. The summed E-state index contributed by atoms with van der Waals surface area (Å²) < 4.78 is 3.68. The van der Waals surface area contributed by atoms with Gasteiger partial charge in [0.05, 0.1) is 16.7 Å². The van der Waals surface area contributed by atoms with E-state index in [2.05, 4.69) is 112 Å². The van der Waals surface area contributed by atoms with E-state index in [4.69, 9.17) is 4.98 Å². The molecular formula is C30H30N2S. The Morgan fingerprint density at radius 1 is 0.909 bits per heavy atom. The van der Waals surface area contributed by atoms with Crippen molar-refractivity contribution in [3.05, 3.63) is 89.3 Å². The van der Waals surface area contributed by atoms with Gasteiger partial charge in [-0.1, -0.05) is 76.2 Å². The number of benzene rings is 3. The van der Waals surface area contributed by atoms with Crippen molar-refractivity contribution in [1.29, 1.82) is 0 Å². The first kappa shape index (κ1) is 21.7. The fraction of sp³-hybridized carbons (Fsp3) is 0.233. The van der Waals surface area contributed by atoms with Gasteiger partial charge < -0.3 is 0 Å². The van der Waals surface area contributed by atoms with Gasteiger partial charge in [-0.05, 0) is 59.7 Å². The molecule has 0 radical (unpaired) electrons. The van der Waals surface area contributed by atoms with Gasteiger partial charge in [0.1, 0.15) is 5.82 Å². The summed E-state index contributed by atoms with van der Waals surface area (Å²) in [5.41, 5.74) is 9.60. The Morgan fingerprint density at radius 3 is 2.27 bits per heavy atom. The van der Waals surface area contributed by atoms with Crippen LogP contribution in [0, 0.1) is 0 Å². The number of imidazole rings is 1. The van der Waals surface area contributed by atoms with Crippen molar-refractivity contribution < 1.29 is 0 Å². The molecule has 0 aliphatic rings. The first-order chi connectivity index (χ1) is 15.9. The van der Waals surface area contributed by atoms with Crippen LogP contribution in [0.25, 0.3) is 43.8 Å². The predicted molar refractivity (Wildman–Crippen MR) is 145 cm³/mol. The molecule has 33 heavy (non-hydrogen) atoms. The number of nitrogens with zero attached hydrogens (tertiary/aromatic N) is 2. The summed E-state index contributed by atoms with van der Waals surface area (Å²) in [5, 5.41) is 3.50. The number of hydrogen-bond donors (Lipinski definition) is 0. The summed E-state index contributed by atoms with van der Waals surface area (Å²) in [4.78, 5) is 5.20. The van der Waals surface area contributed by atoms with Crippen molar-refractivity contribution in [3.63, 3.8) is 0 Å². The van der Waals surface area contributed by atoms with Gasteiger partial charge in [-0.15, -0.1) is 11.3 Å². The number of allylic oxidation sites excluding steroid dienone is 1. The third-order valence-electron chi connectivity index (χ3n) is 6.43. The molecule has 5 aromatic rings. The van der Waals surface area contributed by atoms with Crippen LogP contribution in [0.4, 0.5) is 0 Å². The van der Waals surface area contributed by atoms with Gasteiger partial charge in [0.25, 0.3) is 0 Å². The smallest absolute Gasteiger partial charge is 0.147 e. The van der Waals surface area contributed by atoms with Gasteiger partial charge in [-0.3, -0.25) is 4.57 Å². The lowest BCUT2D eigenvalue weighted by atomic mass is 9.92. The average Bonchev–Trinajstić information content (AvgIpc) is 3.38. The lowest BCUT2D eigenvalue weighted by molar-refractivity contribution is 0.811. The molecule has 3 heteroatoms. The van der Waals surface area contributed by atoms with Crippen LogP contribution < -0.4 is 0 Å². The first-order valence-corrected chi connectivity index (χ1v) is 12.5. The summed E-state index contributed by atoms with van der Waals surface area (Å²) in [6.07, 6.45) is 0. The van der Waals surface area contributed by atoms with Gasteiger partial charge in [-0.2, -0.15) is 0 Å². The SMILES string of the molecule is C=C(C)c1ccc2scc(-c3nc4ccccc4n3-c3c(C(C)C)cccc3C(C)C)c2c1. The average molecular weight is 451 g/mol. The van der Waals surface area contributed by atoms with Crippen molar-refractivity contribution in [2.45, 2.75) is 46.5 Å². The van der Waals surface area contributed by atoms with Crippen LogP contribution in [-0.4, -0.2) is 9.55 Å². The van der Waals surface area contributed by atoms with E-state index in [1.807, 2.05) is 0 Å². The molecule has 0 unspecified atom stereocenters. The highest BCUT2D eigenvalue weighted by atomic mass is 32.1. The summed E-state index contributed by atoms with van der Waals surface area (Å²) in [6.45, 7) is 15.3. The van der Waals surface area contributed by atoms with Gasteiger partial charge in [0.15, 0.2) is 0 Å². The minimum atomic E-state index is 0.405. The highest BCUT2D eigenvalue weighted by Gasteiger charge is 2.23. The van der Waals surface area contributed by atoms with Crippen LogP contribution in [0.5, 0.6) is 0 Å². The molecule has 3 aromatic carbocycles. The predicted octanol–water partition coefficient (Wildman–Crippen LogP) is 9.19. The van der Waals surface area contributed by atoms with E-state index < -0.39 is 0 Å². The highest BCUT2D eigenvalue weighted by molar-refractivity contribution is 7.17. The van der Waals surface area contributed by atoms with Gasteiger partial charge in [-0.25, -0.2) is 4.98 Å². The quantitative estimate of drug-likeness (QED) is 0.261. The maximum absolute atomic E-state index is 5.20. The lowest BCUT2D eigenvalue weighted by Gasteiger charge is -2.22. The van der Waals surface area contributed by atoms with E-state index in [0.29, 0.717) is 11.8 Å². The molecule has 0 fully saturated rings. The van der Waals surface area contributed by atoms with Crippen molar-refractivity contribution >= 4 is 38.0 Å². The van der Waals surface area contributed by atoms with Crippen LogP contribution in [0.3, 0.4) is 0 Å². The summed E-state index contributed by atoms with van der Waals surface area (Å²) in [5.74, 6) is 1.82. The van der Waals surface area contributed by atoms with E-state index >= 15 is 0 Å². The maximum atomic E-state index is 5.20. The second-order valence-electron chi connectivity index (χ2n) is 9.49. The second-order valence-corrected chi connectivity index (χ2v) is 10.4. The number of aromatic nitrogens is 2. The fourth-order valence-electron chi connectivity index (χ4n) is 4.67. The minimum absolute atomic E-state index is 0.405.